The Hall–Kier alpha value is 0.0323. The van der Waals surface area contributed by atoms with Crippen LogP contribution in [0.3, 0.4) is 0 Å². The van der Waals surface area contributed by atoms with Gasteiger partial charge in [0.2, 0.25) is 6.17 Å². The maximum Gasteiger partial charge on any atom is 0.231 e. The molecule has 14 heavy (non-hydrogen) atoms. The van der Waals surface area contributed by atoms with Crippen molar-refractivity contribution in [3.05, 3.63) is 35.5 Å². The molecule has 1 aliphatic carbocycles. The fourth-order valence-corrected chi connectivity index (χ4v) is 0.921. The predicted molar refractivity (Wildman–Crippen MR) is 43.7 cm³/mol. The van der Waals surface area contributed by atoms with E-state index in [-0.39, 0.29) is 32.8 Å². The number of likely N-dealkylation sites (N-methyl/N-ethyl adjacent to an activating group) is 1. The first-order chi connectivity index (χ1) is 5.59. The molecule has 0 saturated heterocycles. The second-order valence-corrected chi connectivity index (χ2v) is 2.89. The van der Waals surface area contributed by atoms with Gasteiger partial charge in [0.05, 0.1) is 0 Å². The molecule has 0 atom stereocenters. The molecule has 0 fully saturated rings. The van der Waals surface area contributed by atoms with E-state index in [0.717, 1.165) is 12.2 Å². The summed E-state index contributed by atoms with van der Waals surface area (Å²) >= 11 is 0. The Balaban J connectivity index is 0. The maximum absolute atomic E-state index is 12.6. The van der Waals surface area contributed by atoms with Crippen molar-refractivity contribution in [3.8, 4) is 0 Å². The zero-order valence-electron chi connectivity index (χ0n) is 7.76. The van der Waals surface area contributed by atoms with E-state index < -0.39 is 12.0 Å². The van der Waals surface area contributed by atoms with Gasteiger partial charge in [-0.05, 0) is 20.2 Å². The largest absolute Gasteiger partial charge is 1.00 e. The van der Waals surface area contributed by atoms with Gasteiger partial charge in [-0.15, -0.1) is 5.73 Å². The number of nitrogens with zero attached hydrogens (tertiary/aromatic N) is 1. The summed E-state index contributed by atoms with van der Waals surface area (Å²) in [6.45, 7) is 0.567. The van der Waals surface area contributed by atoms with E-state index in [2.05, 4.69) is 5.73 Å². The third-order valence-corrected chi connectivity index (χ3v) is 1.40. The molecule has 0 aromatic heterocycles. The minimum Gasteiger partial charge on any atom is -1.00 e. The first kappa shape index (κ1) is 16.5. The van der Waals surface area contributed by atoms with Crippen molar-refractivity contribution in [1.82, 2.24) is 4.90 Å². The molecule has 0 heterocycles. The second-order valence-electron chi connectivity index (χ2n) is 2.89. The van der Waals surface area contributed by atoms with E-state index in [1.54, 1.807) is 0 Å². The number of allylic oxidation sites excluding steroid dienone is 1. The van der Waals surface area contributed by atoms with Gasteiger partial charge < -0.3 is 17.3 Å². The fraction of sp³-hybridized carbons (Fsp3) is 0.333. The molecular weight excluding hydrogens is 302 g/mol. The minimum atomic E-state index is -0.850. The molecule has 0 N–H and O–H groups in total. The first-order valence-corrected chi connectivity index (χ1v) is 3.60. The predicted octanol–water partition coefficient (Wildman–Crippen LogP) is -1.00. The van der Waals surface area contributed by atoms with Crippen LogP contribution in [0, 0.1) is 6.17 Å². The molecular formula is C9H10ClF2NPd-. The minimum absolute atomic E-state index is 0. The molecule has 1 aliphatic rings. The molecule has 0 saturated carbocycles. The number of halogens is 3. The van der Waals surface area contributed by atoms with Gasteiger partial charge in [-0.1, -0.05) is 0 Å². The zero-order chi connectivity index (χ0) is 9.14. The van der Waals surface area contributed by atoms with Gasteiger partial charge in [0.25, 0.3) is 0 Å². The Morgan fingerprint density at radius 3 is 2.36 bits per heavy atom. The summed E-state index contributed by atoms with van der Waals surface area (Å²) in [5.41, 5.74) is 3.30. The zero-order valence-corrected chi connectivity index (χ0v) is 10.1. The molecule has 1 radical (unpaired) electrons. The van der Waals surface area contributed by atoms with E-state index in [1.165, 1.54) is 0 Å². The molecule has 0 bridgehead atoms. The van der Waals surface area contributed by atoms with E-state index >= 15 is 0 Å². The van der Waals surface area contributed by atoms with Gasteiger partial charge in [0.1, 0.15) is 5.83 Å². The van der Waals surface area contributed by atoms with Gasteiger partial charge in [0.15, 0.2) is 0 Å². The van der Waals surface area contributed by atoms with Crippen LogP contribution in [0.25, 0.3) is 0 Å². The molecule has 0 aromatic carbocycles. The van der Waals surface area contributed by atoms with Crippen LogP contribution < -0.4 is 12.4 Å². The quantitative estimate of drug-likeness (QED) is 0.467. The smallest absolute Gasteiger partial charge is 0.231 e. The van der Waals surface area contributed by atoms with Gasteiger partial charge in [-0.25, -0.2) is 8.78 Å². The van der Waals surface area contributed by atoms with Crippen LogP contribution in [0.4, 0.5) is 8.78 Å². The summed E-state index contributed by atoms with van der Waals surface area (Å²) < 4.78 is 25.0. The van der Waals surface area contributed by atoms with E-state index in [1.807, 2.05) is 19.0 Å². The van der Waals surface area contributed by atoms with E-state index in [4.69, 9.17) is 0 Å². The van der Waals surface area contributed by atoms with Gasteiger partial charge in [-0.2, -0.15) is 0 Å². The summed E-state index contributed by atoms with van der Waals surface area (Å²) in [5, 5.41) is 0. The number of hydrogen-bond donors (Lipinski definition) is 0. The summed E-state index contributed by atoms with van der Waals surface area (Å²) in [7, 11) is 3.71. The molecule has 0 aromatic rings. The Bertz CT molecular complexity index is 270. The van der Waals surface area contributed by atoms with Crippen LogP contribution in [0.5, 0.6) is 0 Å². The molecule has 0 amide bonds. The molecule has 83 valence electrons. The van der Waals surface area contributed by atoms with Crippen molar-refractivity contribution >= 4 is 0 Å². The van der Waals surface area contributed by atoms with Gasteiger partial charge in [0, 0.05) is 38.6 Å². The van der Waals surface area contributed by atoms with E-state index in [9.17, 15) is 8.78 Å². The topological polar surface area (TPSA) is 3.24 Å². The Morgan fingerprint density at radius 2 is 1.93 bits per heavy atom. The summed E-state index contributed by atoms with van der Waals surface area (Å²) in [4.78, 5) is 1.86. The Morgan fingerprint density at radius 1 is 1.36 bits per heavy atom. The van der Waals surface area contributed by atoms with Crippen molar-refractivity contribution in [2.24, 2.45) is 0 Å². The number of rotatable bonds is 2. The SMILES string of the molecule is CN(C)CC1=C=C[C](F)C(F)=C1.[Cl-].[Pd]. The van der Waals surface area contributed by atoms with Gasteiger partial charge >= 0.3 is 0 Å². The maximum atomic E-state index is 12.6. The molecule has 5 heteroatoms. The normalized spacial score (nSPS) is 15.5. The fourth-order valence-electron chi connectivity index (χ4n) is 0.921. The van der Waals surface area contributed by atoms with Crippen molar-refractivity contribution < 1.29 is 41.6 Å². The number of hydrogen-bond acceptors (Lipinski definition) is 1. The van der Waals surface area contributed by atoms with E-state index in [0.29, 0.717) is 12.1 Å². The molecule has 0 aliphatic heterocycles. The van der Waals surface area contributed by atoms with Crippen molar-refractivity contribution in [2.45, 2.75) is 0 Å². The molecule has 1 nitrogen and oxygen atoms in total. The summed E-state index contributed by atoms with van der Waals surface area (Å²) in [6.07, 6.45) is 1.33. The monoisotopic (exact) mass is 311 g/mol. The van der Waals surface area contributed by atoms with Crippen molar-refractivity contribution in [1.29, 1.82) is 0 Å². The molecule has 0 unspecified atom stereocenters. The average molecular weight is 312 g/mol. The van der Waals surface area contributed by atoms with Gasteiger partial charge in [-0.3, -0.25) is 0 Å². The molecule has 0 spiro atoms. The van der Waals surface area contributed by atoms with Crippen LogP contribution in [0.15, 0.2) is 29.3 Å². The average Bonchev–Trinajstić information content (AvgIpc) is 1.96. The third kappa shape index (κ3) is 5.05. The van der Waals surface area contributed by atoms with Crippen LogP contribution in [-0.4, -0.2) is 25.5 Å². The third-order valence-electron chi connectivity index (χ3n) is 1.40. The first-order valence-electron chi connectivity index (χ1n) is 3.60. The van der Waals surface area contributed by atoms with Crippen LogP contribution in [0.2, 0.25) is 0 Å². The Kier molecular flexibility index (Phi) is 8.63. The standard InChI is InChI=1S/C9H10F2N.ClH.Pd/c1-12(2)6-7-3-4-8(10)9(11)5-7;;/h4-5H,6H2,1-2H3;1H;/p-1. The van der Waals surface area contributed by atoms with Crippen molar-refractivity contribution in [3.63, 3.8) is 0 Å². The van der Waals surface area contributed by atoms with Crippen LogP contribution >= 0.6 is 0 Å². The van der Waals surface area contributed by atoms with Crippen molar-refractivity contribution in [2.75, 3.05) is 20.6 Å². The Labute approximate surface area is 103 Å². The second kappa shape index (κ2) is 7.34. The summed E-state index contributed by atoms with van der Waals surface area (Å²) in [6, 6.07) is 0. The van der Waals surface area contributed by atoms with Crippen LogP contribution in [0.1, 0.15) is 0 Å². The summed E-state index contributed by atoms with van der Waals surface area (Å²) in [5.74, 6) is -0.814. The molecule has 1 rings (SSSR count). The van der Waals surface area contributed by atoms with Crippen LogP contribution in [-0.2, 0) is 20.4 Å².